The van der Waals surface area contributed by atoms with Gasteiger partial charge < -0.3 is 11.3 Å². The summed E-state index contributed by atoms with van der Waals surface area (Å²) in [7, 11) is 0. The van der Waals surface area contributed by atoms with Crippen LogP contribution < -0.4 is 29.6 Å². The van der Waals surface area contributed by atoms with Crippen molar-refractivity contribution in [3.05, 3.63) is 0 Å². The van der Waals surface area contributed by atoms with Crippen LogP contribution in [0.2, 0.25) is 0 Å². The van der Waals surface area contributed by atoms with Gasteiger partial charge in [0, 0.05) is 0 Å². The monoisotopic (exact) mass is 128 g/mol. The van der Waals surface area contributed by atoms with E-state index in [1.54, 1.807) is 13.8 Å². The fourth-order valence-electron chi connectivity index (χ4n) is 0.202. The van der Waals surface area contributed by atoms with Crippen LogP contribution in [0.1, 0.15) is 15.3 Å². The molecule has 0 aliphatic heterocycles. The van der Waals surface area contributed by atoms with E-state index < -0.39 is 6.16 Å². The van der Waals surface area contributed by atoms with Gasteiger partial charge in [-0.15, -0.1) is 0 Å². The van der Waals surface area contributed by atoms with Gasteiger partial charge in [-0.25, -0.2) is 4.79 Å². The van der Waals surface area contributed by atoms with Crippen LogP contribution in [0.4, 0.5) is 4.79 Å². The molecule has 4 heteroatoms. The van der Waals surface area contributed by atoms with E-state index in [2.05, 4.69) is 4.74 Å². The predicted octanol–water partition coefficient (Wildman–Crippen LogP) is -1.79. The van der Waals surface area contributed by atoms with Gasteiger partial charge in [-0.3, -0.25) is 0 Å². The minimum Gasteiger partial charge on any atom is -1.00 e. The molecule has 0 aromatic rings. The van der Waals surface area contributed by atoms with Crippen molar-refractivity contribution in [1.82, 2.24) is 0 Å². The predicted molar refractivity (Wildman–Crippen MR) is 25.4 cm³/mol. The fraction of sp³-hybridized carbons (Fsp3) is 0.750. The van der Waals surface area contributed by atoms with Gasteiger partial charge in [-0.05, 0) is 13.8 Å². The van der Waals surface area contributed by atoms with Crippen LogP contribution in [0.3, 0.4) is 0 Å². The summed E-state index contributed by atoms with van der Waals surface area (Å²) in [5.74, 6) is 0. The van der Waals surface area contributed by atoms with Crippen molar-refractivity contribution in [3.63, 3.8) is 0 Å². The summed E-state index contributed by atoms with van der Waals surface area (Å²) < 4.78 is 4.17. The quantitative estimate of drug-likeness (QED) is 0.335. The molecule has 1 N–H and O–H groups in total. The standard InChI is InChI=1S/C4H8O3.Na.H/c1-3(2)7-4(5)6;;/h3H,1-2H3,(H,5,6);;/q;+1;-1. The van der Waals surface area contributed by atoms with Crippen molar-refractivity contribution < 1.29 is 45.6 Å². The fourth-order valence-corrected chi connectivity index (χ4v) is 0.202. The van der Waals surface area contributed by atoms with Gasteiger partial charge in [-0.2, -0.15) is 0 Å². The Labute approximate surface area is 71.8 Å². The van der Waals surface area contributed by atoms with E-state index in [1.807, 2.05) is 0 Å². The number of carbonyl (C=O) groups is 1. The third-order valence-electron chi connectivity index (χ3n) is 0.337. The first-order chi connectivity index (χ1) is 3.13. The van der Waals surface area contributed by atoms with Gasteiger partial charge >= 0.3 is 35.7 Å². The first-order valence-corrected chi connectivity index (χ1v) is 2.02. The molecule has 0 radical (unpaired) electrons. The molecule has 0 amide bonds. The zero-order valence-corrected chi connectivity index (χ0v) is 7.34. The van der Waals surface area contributed by atoms with Crippen molar-refractivity contribution in [3.8, 4) is 0 Å². The molecular weight excluding hydrogens is 119 g/mol. The van der Waals surface area contributed by atoms with Crippen LogP contribution in [-0.2, 0) is 4.74 Å². The molecule has 0 aromatic carbocycles. The third kappa shape index (κ3) is 9.55. The largest absolute Gasteiger partial charge is 1.00 e. The van der Waals surface area contributed by atoms with Crippen molar-refractivity contribution >= 4 is 6.16 Å². The normalized spacial score (nSPS) is 7.88. The first kappa shape index (κ1) is 11.1. The van der Waals surface area contributed by atoms with Crippen molar-refractivity contribution in [2.24, 2.45) is 0 Å². The van der Waals surface area contributed by atoms with Gasteiger partial charge in [0.25, 0.3) is 0 Å². The topological polar surface area (TPSA) is 46.5 Å². The average molecular weight is 128 g/mol. The summed E-state index contributed by atoms with van der Waals surface area (Å²) in [5.41, 5.74) is 0. The van der Waals surface area contributed by atoms with Crippen LogP contribution in [0.5, 0.6) is 0 Å². The Balaban J connectivity index is -0.000000180. The second-order valence-corrected chi connectivity index (χ2v) is 1.43. The molecule has 0 aliphatic carbocycles. The number of carboxylic acid groups (broad SMARTS) is 1. The van der Waals surface area contributed by atoms with Crippen LogP contribution in [0, 0.1) is 0 Å². The van der Waals surface area contributed by atoms with Crippen molar-refractivity contribution in [2.45, 2.75) is 20.0 Å². The zero-order chi connectivity index (χ0) is 5.86. The Morgan fingerprint density at radius 2 is 2.12 bits per heavy atom. The second kappa shape index (κ2) is 5.41. The SMILES string of the molecule is CC(C)OC(=O)O.[H-].[Na+]. The molecule has 0 aromatic heterocycles. The Hall–Kier alpha value is 0.270. The van der Waals surface area contributed by atoms with E-state index in [1.165, 1.54) is 0 Å². The van der Waals surface area contributed by atoms with E-state index in [-0.39, 0.29) is 37.1 Å². The Morgan fingerprint density at radius 1 is 1.75 bits per heavy atom. The number of hydrogen-bond acceptors (Lipinski definition) is 2. The maximum absolute atomic E-state index is 9.59. The summed E-state index contributed by atoms with van der Waals surface area (Å²) in [6.07, 6.45) is -1.44. The van der Waals surface area contributed by atoms with Gasteiger partial charge in [0.2, 0.25) is 0 Å². The molecule has 0 fully saturated rings. The van der Waals surface area contributed by atoms with Crippen LogP contribution in [0.25, 0.3) is 0 Å². The van der Waals surface area contributed by atoms with E-state index in [0.29, 0.717) is 0 Å². The van der Waals surface area contributed by atoms with Crippen molar-refractivity contribution in [2.75, 3.05) is 0 Å². The average Bonchev–Trinajstić information content (AvgIpc) is 1.27. The number of rotatable bonds is 1. The van der Waals surface area contributed by atoms with Gasteiger partial charge in [-0.1, -0.05) is 0 Å². The molecule has 0 spiro atoms. The summed E-state index contributed by atoms with van der Waals surface area (Å²) in [6.45, 7) is 3.32. The van der Waals surface area contributed by atoms with Crippen molar-refractivity contribution in [1.29, 1.82) is 0 Å². The van der Waals surface area contributed by atoms with Gasteiger partial charge in [0.05, 0.1) is 6.10 Å². The summed E-state index contributed by atoms with van der Waals surface area (Å²) in [6, 6.07) is 0. The maximum Gasteiger partial charge on any atom is 1.00 e. The number of ether oxygens (including phenoxy) is 1. The Bertz CT molecular complexity index is 76.2. The summed E-state index contributed by atoms with van der Waals surface area (Å²) in [4.78, 5) is 9.59. The molecule has 0 aliphatic rings. The summed E-state index contributed by atoms with van der Waals surface area (Å²) in [5, 5.41) is 7.86. The molecule has 0 bridgehead atoms. The van der Waals surface area contributed by atoms with Gasteiger partial charge in [0.1, 0.15) is 0 Å². The second-order valence-electron chi connectivity index (χ2n) is 1.43. The van der Waals surface area contributed by atoms with Crippen LogP contribution in [-0.4, -0.2) is 17.4 Å². The van der Waals surface area contributed by atoms with E-state index >= 15 is 0 Å². The molecule has 0 saturated carbocycles. The molecule has 3 nitrogen and oxygen atoms in total. The Kier molecular flexibility index (Phi) is 7.52. The smallest absolute Gasteiger partial charge is 1.00 e. The molecular formula is C4H9NaO3. The molecule has 0 saturated heterocycles. The molecule has 8 heavy (non-hydrogen) atoms. The number of hydrogen-bond donors (Lipinski definition) is 1. The van der Waals surface area contributed by atoms with E-state index in [4.69, 9.17) is 5.11 Å². The maximum atomic E-state index is 9.59. The molecule has 0 atom stereocenters. The van der Waals surface area contributed by atoms with E-state index in [0.717, 1.165) is 0 Å². The van der Waals surface area contributed by atoms with Crippen LogP contribution >= 0.6 is 0 Å². The Morgan fingerprint density at radius 3 is 2.12 bits per heavy atom. The molecule has 0 rings (SSSR count). The third-order valence-corrected chi connectivity index (χ3v) is 0.337. The van der Waals surface area contributed by atoms with E-state index in [9.17, 15) is 4.79 Å². The minimum atomic E-state index is -1.21. The molecule has 0 heterocycles. The van der Waals surface area contributed by atoms with Gasteiger partial charge in [0.15, 0.2) is 0 Å². The molecule has 44 valence electrons. The van der Waals surface area contributed by atoms with Crippen LogP contribution in [0.15, 0.2) is 0 Å². The molecule has 0 unspecified atom stereocenters. The zero-order valence-electron chi connectivity index (χ0n) is 6.34. The summed E-state index contributed by atoms with van der Waals surface area (Å²) >= 11 is 0. The first-order valence-electron chi connectivity index (χ1n) is 2.02. The minimum absolute atomic E-state index is 0.